The molecule has 16 heavy (non-hydrogen) atoms. The number of carbonyl (C=O) groups excluding carboxylic acids is 1. The highest BCUT2D eigenvalue weighted by Crippen LogP contribution is 2.04. The standard InChI is InChI=1S/C11H14FNO3/c12-9-3-1-2-8(4-9)5-11(16)13-10(6-14)7-15/h1-4,10,14-15H,5-7H2,(H,13,16). The molecular formula is C11H14FNO3. The van der Waals surface area contributed by atoms with Crippen LogP contribution in [-0.4, -0.2) is 35.4 Å². The van der Waals surface area contributed by atoms with E-state index in [0.717, 1.165) is 0 Å². The minimum Gasteiger partial charge on any atom is -0.394 e. The fourth-order valence-corrected chi connectivity index (χ4v) is 1.26. The van der Waals surface area contributed by atoms with Crippen LogP contribution < -0.4 is 5.32 Å². The van der Waals surface area contributed by atoms with Gasteiger partial charge in [-0.1, -0.05) is 12.1 Å². The van der Waals surface area contributed by atoms with Gasteiger partial charge in [0.2, 0.25) is 5.91 Å². The Labute approximate surface area is 92.7 Å². The third kappa shape index (κ3) is 3.96. The lowest BCUT2D eigenvalue weighted by Crippen LogP contribution is -2.40. The van der Waals surface area contributed by atoms with Crippen molar-refractivity contribution >= 4 is 5.91 Å². The number of carbonyl (C=O) groups is 1. The topological polar surface area (TPSA) is 69.6 Å². The van der Waals surface area contributed by atoms with Crippen LogP contribution in [0.4, 0.5) is 4.39 Å². The molecule has 0 aliphatic heterocycles. The lowest BCUT2D eigenvalue weighted by molar-refractivity contribution is -0.121. The molecule has 0 saturated heterocycles. The second kappa shape index (κ2) is 6.19. The molecule has 1 rings (SSSR count). The highest BCUT2D eigenvalue weighted by molar-refractivity contribution is 5.78. The first-order valence-corrected chi connectivity index (χ1v) is 4.91. The Kier molecular flexibility index (Phi) is 4.88. The molecule has 0 radical (unpaired) electrons. The molecule has 3 N–H and O–H groups in total. The van der Waals surface area contributed by atoms with Gasteiger partial charge in [-0.3, -0.25) is 4.79 Å². The highest BCUT2D eigenvalue weighted by atomic mass is 19.1. The van der Waals surface area contributed by atoms with Crippen molar-refractivity contribution in [2.45, 2.75) is 12.5 Å². The van der Waals surface area contributed by atoms with E-state index in [9.17, 15) is 9.18 Å². The van der Waals surface area contributed by atoms with E-state index in [1.165, 1.54) is 18.2 Å². The van der Waals surface area contributed by atoms with E-state index in [0.29, 0.717) is 5.56 Å². The first kappa shape index (κ1) is 12.6. The fraction of sp³-hybridized carbons (Fsp3) is 0.364. The van der Waals surface area contributed by atoms with Gasteiger partial charge in [-0.25, -0.2) is 4.39 Å². The molecule has 0 fully saturated rings. The molecule has 0 spiro atoms. The maximum atomic E-state index is 12.8. The Bertz CT molecular complexity index is 353. The van der Waals surface area contributed by atoms with E-state index in [-0.39, 0.29) is 25.5 Å². The van der Waals surface area contributed by atoms with E-state index in [2.05, 4.69) is 5.32 Å². The Morgan fingerprint density at radius 2 is 2.06 bits per heavy atom. The number of amides is 1. The first-order valence-electron chi connectivity index (χ1n) is 4.91. The van der Waals surface area contributed by atoms with Gasteiger partial charge in [0.1, 0.15) is 5.82 Å². The minimum absolute atomic E-state index is 0.0221. The molecule has 1 aromatic carbocycles. The van der Waals surface area contributed by atoms with Gasteiger partial charge in [-0.2, -0.15) is 0 Å². The summed E-state index contributed by atoms with van der Waals surface area (Å²) in [6, 6.07) is 5.06. The third-order valence-electron chi connectivity index (χ3n) is 2.06. The molecule has 5 heteroatoms. The molecule has 0 heterocycles. The van der Waals surface area contributed by atoms with Crippen LogP contribution in [0.3, 0.4) is 0 Å². The van der Waals surface area contributed by atoms with E-state index in [1.54, 1.807) is 6.07 Å². The molecule has 88 valence electrons. The lowest BCUT2D eigenvalue weighted by atomic mass is 10.1. The molecule has 0 aliphatic carbocycles. The molecule has 0 atom stereocenters. The molecule has 1 amide bonds. The van der Waals surface area contributed by atoms with Gasteiger partial charge < -0.3 is 15.5 Å². The van der Waals surface area contributed by atoms with E-state index >= 15 is 0 Å². The van der Waals surface area contributed by atoms with Crippen LogP contribution in [-0.2, 0) is 11.2 Å². The number of rotatable bonds is 5. The fourth-order valence-electron chi connectivity index (χ4n) is 1.26. The number of hydrogen-bond donors (Lipinski definition) is 3. The van der Waals surface area contributed by atoms with Gasteiger partial charge in [0.25, 0.3) is 0 Å². The molecule has 0 aromatic heterocycles. The number of halogens is 1. The van der Waals surface area contributed by atoms with Crippen molar-refractivity contribution in [1.82, 2.24) is 5.32 Å². The summed E-state index contributed by atoms with van der Waals surface area (Å²) < 4.78 is 12.8. The summed E-state index contributed by atoms with van der Waals surface area (Å²) >= 11 is 0. The van der Waals surface area contributed by atoms with Crippen molar-refractivity contribution in [2.24, 2.45) is 0 Å². The summed E-state index contributed by atoms with van der Waals surface area (Å²) in [6.45, 7) is -0.656. The maximum Gasteiger partial charge on any atom is 0.224 e. The second-order valence-electron chi connectivity index (χ2n) is 3.44. The zero-order valence-electron chi connectivity index (χ0n) is 8.69. The van der Waals surface area contributed by atoms with E-state index < -0.39 is 11.9 Å². The Morgan fingerprint density at radius 3 is 2.62 bits per heavy atom. The number of nitrogens with one attached hydrogen (secondary N) is 1. The van der Waals surface area contributed by atoms with Crippen molar-refractivity contribution < 1.29 is 19.4 Å². The van der Waals surface area contributed by atoms with Crippen LogP contribution in [0.5, 0.6) is 0 Å². The molecule has 0 unspecified atom stereocenters. The van der Waals surface area contributed by atoms with Gasteiger partial charge in [0.15, 0.2) is 0 Å². The summed E-state index contributed by atoms with van der Waals surface area (Å²) in [4.78, 5) is 11.4. The van der Waals surface area contributed by atoms with Gasteiger partial charge in [-0.05, 0) is 17.7 Å². The summed E-state index contributed by atoms with van der Waals surface area (Å²) in [5, 5.41) is 19.9. The van der Waals surface area contributed by atoms with Crippen LogP contribution in [0.25, 0.3) is 0 Å². The van der Waals surface area contributed by atoms with Crippen molar-refractivity contribution in [3.8, 4) is 0 Å². The largest absolute Gasteiger partial charge is 0.394 e. The SMILES string of the molecule is O=C(Cc1cccc(F)c1)NC(CO)CO. The normalized spacial score (nSPS) is 10.5. The van der Waals surface area contributed by atoms with E-state index in [1.807, 2.05) is 0 Å². The van der Waals surface area contributed by atoms with Crippen LogP contribution in [0.1, 0.15) is 5.56 Å². The molecule has 0 aliphatic rings. The third-order valence-corrected chi connectivity index (χ3v) is 2.06. The van der Waals surface area contributed by atoms with Crippen LogP contribution in [0.2, 0.25) is 0 Å². The van der Waals surface area contributed by atoms with Crippen LogP contribution in [0.15, 0.2) is 24.3 Å². The quantitative estimate of drug-likeness (QED) is 0.654. The number of hydrogen-bond acceptors (Lipinski definition) is 3. The summed E-state index contributed by atoms with van der Waals surface area (Å²) in [5.74, 6) is -0.759. The van der Waals surface area contributed by atoms with Crippen molar-refractivity contribution in [3.63, 3.8) is 0 Å². The smallest absolute Gasteiger partial charge is 0.224 e. The van der Waals surface area contributed by atoms with Gasteiger partial charge >= 0.3 is 0 Å². The zero-order chi connectivity index (χ0) is 12.0. The van der Waals surface area contributed by atoms with Crippen molar-refractivity contribution in [1.29, 1.82) is 0 Å². The van der Waals surface area contributed by atoms with Gasteiger partial charge in [-0.15, -0.1) is 0 Å². The average Bonchev–Trinajstić information content (AvgIpc) is 2.26. The predicted molar refractivity (Wildman–Crippen MR) is 56.2 cm³/mol. The average molecular weight is 227 g/mol. The summed E-state index contributed by atoms with van der Waals surface area (Å²) in [7, 11) is 0. The molecule has 0 bridgehead atoms. The summed E-state index contributed by atoms with van der Waals surface area (Å²) in [6.07, 6.45) is 0.0221. The highest BCUT2D eigenvalue weighted by Gasteiger charge is 2.10. The number of aliphatic hydroxyl groups excluding tert-OH is 2. The number of aliphatic hydroxyl groups is 2. The Hall–Kier alpha value is -1.46. The van der Waals surface area contributed by atoms with Gasteiger partial charge in [0.05, 0.1) is 25.7 Å². The maximum absolute atomic E-state index is 12.8. The van der Waals surface area contributed by atoms with Crippen LogP contribution in [0, 0.1) is 5.82 Å². The molecular weight excluding hydrogens is 213 g/mol. The van der Waals surface area contributed by atoms with E-state index in [4.69, 9.17) is 10.2 Å². The minimum atomic E-state index is -0.666. The first-order chi connectivity index (χ1) is 7.65. The van der Waals surface area contributed by atoms with Gasteiger partial charge in [0, 0.05) is 0 Å². The Morgan fingerprint density at radius 1 is 1.38 bits per heavy atom. The molecule has 0 saturated carbocycles. The van der Waals surface area contributed by atoms with Crippen molar-refractivity contribution in [3.05, 3.63) is 35.6 Å². The molecule has 1 aromatic rings. The summed E-state index contributed by atoms with van der Waals surface area (Å²) in [5.41, 5.74) is 0.548. The second-order valence-corrected chi connectivity index (χ2v) is 3.44. The monoisotopic (exact) mass is 227 g/mol. The molecule has 4 nitrogen and oxygen atoms in total. The Balaban J connectivity index is 2.51. The zero-order valence-corrected chi connectivity index (χ0v) is 8.69. The van der Waals surface area contributed by atoms with Crippen molar-refractivity contribution in [2.75, 3.05) is 13.2 Å². The lowest BCUT2D eigenvalue weighted by Gasteiger charge is -2.13. The number of benzene rings is 1. The predicted octanol–water partition coefficient (Wildman–Crippen LogP) is -0.162. The van der Waals surface area contributed by atoms with Crippen LogP contribution >= 0.6 is 0 Å².